The predicted octanol–water partition coefficient (Wildman–Crippen LogP) is 6.77. The number of methoxy groups -OCH3 is 2. The molecule has 0 spiro atoms. The lowest BCUT2D eigenvalue weighted by molar-refractivity contribution is -0.132. The van der Waals surface area contributed by atoms with Gasteiger partial charge in [0.25, 0.3) is 5.78 Å². The second-order valence-corrected chi connectivity index (χ2v) is 11.7. The average molecular weight is 614 g/mol. The summed E-state index contributed by atoms with van der Waals surface area (Å²) in [5, 5.41) is 22.3. The molecule has 5 aromatic rings. The Hall–Kier alpha value is -4.74. The second-order valence-electron chi connectivity index (χ2n) is 9.57. The highest BCUT2D eigenvalue weighted by Crippen LogP contribution is 2.44. The number of amides is 1. The third-order valence-electron chi connectivity index (χ3n) is 7.13. The minimum atomic E-state index is -1.04. The first-order valence-corrected chi connectivity index (χ1v) is 14.9. The van der Waals surface area contributed by atoms with E-state index in [2.05, 4.69) is 34.5 Å². The summed E-state index contributed by atoms with van der Waals surface area (Å²) >= 11 is 2.64. The van der Waals surface area contributed by atoms with Crippen molar-refractivity contribution in [2.75, 3.05) is 19.1 Å². The van der Waals surface area contributed by atoms with E-state index in [1.54, 1.807) is 24.3 Å². The summed E-state index contributed by atoms with van der Waals surface area (Å²) in [5.74, 6) is -1.86. The number of thioether (sulfide) groups is 1. The van der Waals surface area contributed by atoms with E-state index in [0.29, 0.717) is 21.4 Å². The van der Waals surface area contributed by atoms with Crippen molar-refractivity contribution in [1.29, 1.82) is 0 Å². The zero-order chi connectivity index (χ0) is 30.1. The predicted molar refractivity (Wildman–Crippen MR) is 164 cm³/mol. The van der Waals surface area contributed by atoms with Gasteiger partial charge in [-0.05, 0) is 52.2 Å². The zero-order valence-corrected chi connectivity index (χ0v) is 24.6. The van der Waals surface area contributed by atoms with Crippen LogP contribution in [0.3, 0.4) is 0 Å². The molecule has 1 N–H and O–H groups in total. The summed E-state index contributed by atoms with van der Waals surface area (Å²) in [4.78, 5) is 28.2. The van der Waals surface area contributed by atoms with Crippen LogP contribution in [0.4, 0.5) is 9.52 Å². The number of benzene rings is 4. The van der Waals surface area contributed by atoms with Crippen LogP contribution in [0.1, 0.15) is 22.7 Å². The number of rotatable bonds is 8. The van der Waals surface area contributed by atoms with Crippen molar-refractivity contribution < 1.29 is 28.6 Å². The molecule has 0 bridgehead atoms. The van der Waals surface area contributed by atoms with Gasteiger partial charge in [-0.15, -0.1) is 10.2 Å². The van der Waals surface area contributed by atoms with Crippen LogP contribution in [0.5, 0.6) is 11.5 Å². The fraction of sp³-hybridized carbons (Fsp3) is 0.125. The van der Waals surface area contributed by atoms with Crippen molar-refractivity contribution in [2.45, 2.75) is 16.1 Å². The van der Waals surface area contributed by atoms with E-state index in [0.717, 1.165) is 22.4 Å². The van der Waals surface area contributed by atoms with E-state index in [4.69, 9.17) is 9.47 Å². The Labute approximate surface area is 254 Å². The highest BCUT2D eigenvalue weighted by atomic mass is 32.2. The summed E-state index contributed by atoms with van der Waals surface area (Å²) in [6, 6.07) is 23.8. The van der Waals surface area contributed by atoms with Gasteiger partial charge in [-0.1, -0.05) is 77.7 Å². The molecule has 1 amide bonds. The van der Waals surface area contributed by atoms with Crippen molar-refractivity contribution in [3.05, 3.63) is 113 Å². The molecule has 11 heteroatoms. The molecular formula is C32H24FN3O5S2. The Morgan fingerprint density at radius 1 is 0.977 bits per heavy atom. The highest BCUT2D eigenvalue weighted by Gasteiger charge is 2.48. The standard InChI is InChI=1S/C32H24FN3O5S2/c1-40-22-13-10-19(11-14-22)27-26(28(37)20-12-15-25(41-2)24(33)16-20)29(38)30(39)36(27)31-34-35-32(43-31)42-17-21-8-5-7-18-6-3-4-9-23(18)21/h3-16,27,37H,17H2,1-2H3. The van der Waals surface area contributed by atoms with Crippen LogP contribution in [0, 0.1) is 5.82 Å². The minimum Gasteiger partial charge on any atom is -0.507 e. The third kappa shape index (κ3) is 5.33. The molecule has 4 aromatic carbocycles. The van der Waals surface area contributed by atoms with E-state index < -0.39 is 29.3 Å². The van der Waals surface area contributed by atoms with Gasteiger partial charge in [-0.25, -0.2) is 4.39 Å². The molecule has 1 unspecified atom stereocenters. The number of carbonyl (C=O) groups excluding carboxylic acids is 2. The number of carbonyl (C=O) groups is 2. The summed E-state index contributed by atoms with van der Waals surface area (Å²) in [7, 11) is 2.85. The number of ether oxygens (including phenoxy) is 2. The van der Waals surface area contributed by atoms with Gasteiger partial charge in [-0.2, -0.15) is 0 Å². The first-order valence-electron chi connectivity index (χ1n) is 13.1. The van der Waals surface area contributed by atoms with Gasteiger partial charge in [0.2, 0.25) is 5.13 Å². The summed E-state index contributed by atoms with van der Waals surface area (Å²) in [5.41, 5.74) is 1.49. The topological polar surface area (TPSA) is 102 Å². The summed E-state index contributed by atoms with van der Waals surface area (Å²) in [6.07, 6.45) is 0. The van der Waals surface area contributed by atoms with Gasteiger partial charge in [0.1, 0.15) is 11.5 Å². The van der Waals surface area contributed by atoms with Crippen molar-refractivity contribution in [1.82, 2.24) is 10.2 Å². The first kappa shape index (κ1) is 28.4. The molecule has 1 aromatic heterocycles. The Morgan fingerprint density at radius 2 is 1.74 bits per heavy atom. The average Bonchev–Trinajstić information content (AvgIpc) is 3.61. The van der Waals surface area contributed by atoms with E-state index in [9.17, 15) is 19.1 Å². The van der Waals surface area contributed by atoms with Gasteiger partial charge in [0.05, 0.1) is 25.8 Å². The zero-order valence-electron chi connectivity index (χ0n) is 23.0. The van der Waals surface area contributed by atoms with Crippen molar-refractivity contribution in [3.8, 4) is 11.5 Å². The molecule has 216 valence electrons. The van der Waals surface area contributed by atoms with Crippen molar-refractivity contribution >= 4 is 56.5 Å². The number of aliphatic hydroxyl groups is 1. The monoisotopic (exact) mass is 613 g/mol. The fourth-order valence-electron chi connectivity index (χ4n) is 5.02. The maximum Gasteiger partial charge on any atom is 0.301 e. The smallest absolute Gasteiger partial charge is 0.301 e. The Balaban J connectivity index is 1.38. The number of nitrogens with zero attached hydrogens (tertiary/aromatic N) is 3. The molecule has 6 rings (SSSR count). The number of halogens is 1. The number of aliphatic hydroxyl groups excluding tert-OH is 1. The molecule has 0 aliphatic carbocycles. The molecule has 1 aliphatic rings. The maximum absolute atomic E-state index is 14.5. The maximum atomic E-state index is 14.5. The van der Waals surface area contributed by atoms with Crippen molar-refractivity contribution in [2.24, 2.45) is 0 Å². The lowest BCUT2D eigenvalue weighted by Crippen LogP contribution is -2.29. The van der Waals surface area contributed by atoms with Crippen LogP contribution in [0.15, 0.2) is 94.8 Å². The number of ketones is 1. The van der Waals surface area contributed by atoms with E-state index >= 15 is 0 Å². The molecule has 0 saturated carbocycles. The van der Waals surface area contributed by atoms with E-state index in [1.807, 2.05) is 18.2 Å². The molecule has 8 nitrogen and oxygen atoms in total. The molecule has 1 saturated heterocycles. The van der Waals surface area contributed by atoms with Crippen LogP contribution in [-0.2, 0) is 15.3 Å². The summed E-state index contributed by atoms with van der Waals surface area (Å²) in [6.45, 7) is 0. The number of hydrogen-bond acceptors (Lipinski definition) is 9. The van der Waals surface area contributed by atoms with Gasteiger partial charge in [0.15, 0.2) is 15.9 Å². The molecule has 1 aliphatic heterocycles. The largest absolute Gasteiger partial charge is 0.507 e. The number of aromatic nitrogens is 2. The lowest BCUT2D eigenvalue weighted by Gasteiger charge is -2.22. The van der Waals surface area contributed by atoms with Gasteiger partial charge >= 0.3 is 5.91 Å². The molecule has 0 radical (unpaired) electrons. The normalized spacial score (nSPS) is 16.2. The fourth-order valence-corrected chi connectivity index (χ4v) is 6.89. The molecule has 1 atom stereocenters. The quantitative estimate of drug-likeness (QED) is 0.0673. The van der Waals surface area contributed by atoms with Crippen LogP contribution in [0.25, 0.3) is 16.5 Å². The number of fused-ring (bicyclic) bond motifs is 1. The molecule has 1 fully saturated rings. The molecular weight excluding hydrogens is 590 g/mol. The van der Waals surface area contributed by atoms with Crippen LogP contribution in [0.2, 0.25) is 0 Å². The van der Waals surface area contributed by atoms with Crippen molar-refractivity contribution in [3.63, 3.8) is 0 Å². The number of hydrogen-bond donors (Lipinski definition) is 1. The summed E-state index contributed by atoms with van der Waals surface area (Å²) < 4.78 is 25.4. The first-order chi connectivity index (χ1) is 20.9. The lowest BCUT2D eigenvalue weighted by atomic mass is 9.95. The van der Waals surface area contributed by atoms with E-state index in [1.165, 1.54) is 54.4 Å². The van der Waals surface area contributed by atoms with Crippen LogP contribution < -0.4 is 14.4 Å². The highest BCUT2D eigenvalue weighted by molar-refractivity contribution is 8.00. The van der Waals surface area contributed by atoms with Crippen LogP contribution in [-0.4, -0.2) is 41.2 Å². The van der Waals surface area contributed by atoms with Gasteiger partial charge in [0, 0.05) is 11.3 Å². The number of anilines is 1. The van der Waals surface area contributed by atoms with Gasteiger partial charge in [-0.3, -0.25) is 14.5 Å². The third-order valence-corrected chi connectivity index (χ3v) is 9.24. The number of Topliss-reactive ketones (excluding diaryl/α,β-unsaturated/α-hetero) is 1. The van der Waals surface area contributed by atoms with Gasteiger partial charge < -0.3 is 14.6 Å². The molecule has 2 heterocycles. The Bertz CT molecular complexity index is 1880. The minimum absolute atomic E-state index is 0.0221. The Kier molecular flexibility index (Phi) is 7.83. The second kappa shape index (κ2) is 11.9. The van der Waals surface area contributed by atoms with Crippen LogP contribution >= 0.6 is 23.1 Å². The van der Waals surface area contributed by atoms with E-state index in [-0.39, 0.29) is 22.0 Å². The molecule has 43 heavy (non-hydrogen) atoms. The Morgan fingerprint density at radius 3 is 2.49 bits per heavy atom. The SMILES string of the molecule is COc1ccc(C2C(=C(O)c3ccc(OC)c(F)c3)C(=O)C(=O)N2c2nnc(SCc3cccc4ccccc34)s2)cc1.